The Morgan fingerprint density at radius 2 is 1.84 bits per heavy atom. The molecule has 1 fully saturated rings. The number of aliphatic hydroxyl groups excluding tert-OH is 2. The minimum Gasteiger partial charge on any atom is -0.394 e. The number of likely N-dealkylation sites (tertiary alicyclic amines) is 1. The van der Waals surface area contributed by atoms with Crippen molar-refractivity contribution < 1.29 is 10.2 Å². The number of benzene rings is 1. The van der Waals surface area contributed by atoms with Crippen molar-refractivity contribution in [3.05, 3.63) is 35.9 Å². The van der Waals surface area contributed by atoms with Gasteiger partial charge in [0.15, 0.2) is 0 Å². The molecule has 1 aromatic carbocycles. The first-order valence-electron chi connectivity index (χ1n) is 7.09. The molecule has 1 saturated heterocycles. The third-order valence-corrected chi connectivity index (χ3v) is 3.65. The van der Waals surface area contributed by atoms with Crippen LogP contribution in [-0.2, 0) is 0 Å². The van der Waals surface area contributed by atoms with E-state index in [1.54, 1.807) is 0 Å². The van der Waals surface area contributed by atoms with Gasteiger partial charge in [-0.25, -0.2) is 0 Å². The zero-order valence-corrected chi connectivity index (χ0v) is 11.3. The summed E-state index contributed by atoms with van der Waals surface area (Å²) in [5, 5.41) is 22.7. The van der Waals surface area contributed by atoms with E-state index >= 15 is 0 Å². The Morgan fingerprint density at radius 3 is 2.47 bits per heavy atom. The standard InChI is InChI=1S/C15H24N2O2/c18-12-15(13-6-2-1-3-7-13)16-10-14(19)11-17-8-4-5-9-17/h1-3,6-7,14-16,18-19H,4-5,8-12H2. The van der Waals surface area contributed by atoms with Crippen LogP contribution in [-0.4, -0.2) is 54.0 Å². The van der Waals surface area contributed by atoms with E-state index in [1.165, 1.54) is 12.8 Å². The predicted octanol–water partition coefficient (Wildman–Crippen LogP) is 0.766. The van der Waals surface area contributed by atoms with E-state index in [4.69, 9.17) is 0 Å². The van der Waals surface area contributed by atoms with Gasteiger partial charge >= 0.3 is 0 Å². The van der Waals surface area contributed by atoms with Crippen molar-refractivity contribution in [2.45, 2.75) is 25.0 Å². The zero-order chi connectivity index (χ0) is 13.5. The molecule has 1 heterocycles. The minimum atomic E-state index is -0.379. The SMILES string of the molecule is OCC(NCC(O)CN1CCCC1)c1ccccc1. The van der Waals surface area contributed by atoms with Gasteiger partial charge in [0.05, 0.1) is 18.8 Å². The number of rotatable bonds is 7. The molecule has 1 aromatic rings. The van der Waals surface area contributed by atoms with Gasteiger partial charge in [-0.15, -0.1) is 0 Å². The Balaban J connectivity index is 1.76. The highest BCUT2D eigenvalue weighted by Crippen LogP contribution is 2.12. The third kappa shape index (κ3) is 4.58. The summed E-state index contributed by atoms with van der Waals surface area (Å²) in [6.45, 7) is 3.47. The molecule has 0 radical (unpaired) electrons. The maximum absolute atomic E-state index is 10.0. The summed E-state index contributed by atoms with van der Waals surface area (Å²) in [7, 11) is 0. The molecular weight excluding hydrogens is 240 g/mol. The van der Waals surface area contributed by atoms with Gasteiger partial charge in [0.25, 0.3) is 0 Å². The van der Waals surface area contributed by atoms with E-state index in [-0.39, 0.29) is 18.8 Å². The van der Waals surface area contributed by atoms with Crippen LogP contribution in [0.5, 0.6) is 0 Å². The van der Waals surface area contributed by atoms with Crippen molar-refractivity contribution in [3.63, 3.8) is 0 Å². The molecule has 2 atom stereocenters. The fraction of sp³-hybridized carbons (Fsp3) is 0.600. The summed E-state index contributed by atoms with van der Waals surface area (Å²) in [4.78, 5) is 2.29. The quantitative estimate of drug-likeness (QED) is 0.681. The van der Waals surface area contributed by atoms with Gasteiger partial charge in [0.1, 0.15) is 0 Å². The largest absolute Gasteiger partial charge is 0.394 e. The molecule has 4 heteroatoms. The lowest BCUT2D eigenvalue weighted by Crippen LogP contribution is -2.39. The van der Waals surface area contributed by atoms with Crippen LogP contribution in [0.25, 0.3) is 0 Å². The van der Waals surface area contributed by atoms with Crippen molar-refractivity contribution in [3.8, 4) is 0 Å². The molecule has 4 nitrogen and oxygen atoms in total. The molecule has 0 aromatic heterocycles. The van der Waals surface area contributed by atoms with Crippen molar-refractivity contribution >= 4 is 0 Å². The molecule has 106 valence electrons. The normalized spacial score (nSPS) is 19.5. The van der Waals surface area contributed by atoms with Gasteiger partial charge in [-0.3, -0.25) is 0 Å². The summed E-state index contributed by atoms with van der Waals surface area (Å²) in [5.74, 6) is 0. The van der Waals surface area contributed by atoms with Gasteiger partial charge in [0.2, 0.25) is 0 Å². The molecule has 2 unspecified atom stereocenters. The predicted molar refractivity (Wildman–Crippen MR) is 76.0 cm³/mol. The van der Waals surface area contributed by atoms with E-state index in [0.29, 0.717) is 6.54 Å². The molecule has 3 N–H and O–H groups in total. The first kappa shape index (κ1) is 14.5. The lowest BCUT2D eigenvalue weighted by Gasteiger charge is -2.22. The van der Waals surface area contributed by atoms with Crippen molar-refractivity contribution in [1.82, 2.24) is 10.2 Å². The minimum absolute atomic E-state index is 0.0421. The smallest absolute Gasteiger partial charge is 0.0791 e. The molecule has 2 rings (SSSR count). The van der Waals surface area contributed by atoms with Crippen molar-refractivity contribution in [2.24, 2.45) is 0 Å². The molecular formula is C15H24N2O2. The summed E-state index contributed by atoms with van der Waals surface area (Å²) < 4.78 is 0. The summed E-state index contributed by atoms with van der Waals surface area (Å²) in [6, 6.07) is 9.75. The highest BCUT2D eigenvalue weighted by Gasteiger charge is 2.17. The Labute approximate surface area is 115 Å². The maximum atomic E-state index is 10.0. The molecule has 0 amide bonds. The third-order valence-electron chi connectivity index (χ3n) is 3.65. The first-order chi connectivity index (χ1) is 9.29. The average Bonchev–Trinajstić information content (AvgIpc) is 2.93. The highest BCUT2D eigenvalue weighted by atomic mass is 16.3. The molecule has 19 heavy (non-hydrogen) atoms. The monoisotopic (exact) mass is 264 g/mol. The van der Waals surface area contributed by atoms with Crippen molar-refractivity contribution in [2.75, 3.05) is 32.8 Å². The van der Waals surface area contributed by atoms with Gasteiger partial charge in [0, 0.05) is 13.1 Å². The van der Waals surface area contributed by atoms with Crippen LogP contribution >= 0.6 is 0 Å². The molecule has 1 aliphatic rings. The molecule has 0 aliphatic carbocycles. The second kappa shape index (κ2) is 7.60. The number of β-amino-alcohol motifs (C(OH)–C–C–N with tert-alkyl or cyclic N) is 1. The summed E-state index contributed by atoms with van der Waals surface area (Å²) in [5.41, 5.74) is 1.05. The topological polar surface area (TPSA) is 55.7 Å². The lowest BCUT2D eigenvalue weighted by atomic mass is 10.1. The van der Waals surface area contributed by atoms with Gasteiger partial charge in [-0.05, 0) is 31.5 Å². The Bertz CT molecular complexity index is 352. The second-order valence-corrected chi connectivity index (χ2v) is 5.22. The van der Waals surface area contributed by atoms with Crippen LogP contribution in [0.15, 0.2) is 30.3 Å². The Hall–Kier alpha value is -0.940. The van der Waals surface area contributed by atoms with Crippen LogP contribution in [0.1, 0.15) is 24.4 Å². The van der Waals surface area contributed by atoms with Crippen LogP contribution in [0.2, 0.25) is 0 Å². The number of hydrogen-bond donors (Lipinski definition) is 3. The van der Waals surface area contributed by atoms with Gasteiger partial charge in [-0.2, -0.15) is 0 Å². The zero-order valence-electron chi connectivity index (χ0n) is 11.3. The number of nitrogens with one attached hydrogen (secondary N) is 1. The highest BCUT2D eigenvalue weighted by molar-refractivity contribution is 5.18. The number of aliphatic hydroxyl groups is 2. The van der Waals surface area contributed by atoms with Crippen LogP contribution in [0.4, 0.5) is 0 Å². The number of hydrogen-bond acceptors (Lipinski definition) is 4. The first-order valence-corrected chi connectivity index (χ1v) is 7.09. The second-order valence-electron chi connectivity index (χ2n) is 5.22. The fourth-order valence-corrected chi connectivity index (χ4v) is 2.58. The molecule has 1 aliphatic heterocycles. The van der Waals surface area contributed by atoms with Crippen LogP contribution in [0.3, 0.4) is 0 Å². The van der Waals surface area contributed by atoms with Crippen molar-refractivity contribution in [1.29, 1.82) is 0 Å². The van der Waals surface area contributed by atoms with E-state index in [2.05, 4.69) is 10.2 Å². The average molecular weight is 264 g/mol. The summed E-state index contributed by atoms with van der Waals surface area (Å²) in [6.07, 6.45) is 2.10. The molecule has 0 saturated carbocycles. The van der Waals surface area contributed by atoms with Crippen LogP contribution < -0.4 is 5.32 Å². The maximum Gasteiger partial charge on any atom is 0.0791 e. The van der Waals surface area contributed by atoms with Gasteiger partial charge in [-0.1, -0.05) is 30.3 Å². The summed E-state index contributed by atoms with van der Waals surface area (Å²) >= 11 is 0. The molecule has 0 spiro atoms. The lowest BCUT2D eigenvalue weighted by molar-refractivity contribution is 0.116. The number of nitrogens with zero attached hydrogens (tertiary/aromatic N) is 1. The molecule has 0 bridgehead atoms. The van der Waals surface area contributed by atoms with E-state index in [0.717, 1.165) is 25.2 Å². The van der Waals surface area contributed by atoms with E-state index in [9.17, 15) is 10.2 Å². The Kier molecular flexibility index (Phi) is 5.79. The van der Waals surface area contributed by atoms with E-state index < -0.39 is 0 Å². The fourth-order valence-electron chi connectivity index (χ4n) is 2.58. The Morgan fingerprint density at radius 1 is 1.16 bits per heavy atom. The van der Waals surface area contributed by atoms with E-state index in [1.807, 2.05) is 30.3 Å². The van der Waals surface area contributed by atoms with Gasteiger partial charge < -0.3 is 20.4 Å². The van der Waals surface area contributed by atoms with Crippen LogP contribution in [0, 0.1) is 0 Å².